The number of carbonyl (C=O) groups excluding carboxylic acids is 1. The lowest BCUT2D eigenvalue weighted by molar-refractivity contribution is -0.135. The third kappa shape index (κ3) is 4.79. The topological polar surface area (TPSA) is 32.3 Å². The van der Waals surface area contributed by atoms with Gasteiger partial charge in [0.1, 0.15) is 0 Å². The van der Waals surface area contributed by atoms with E-state index in [0.717, 1.165) is 32.5 Å². The molecule has 1 amide bonds. The van der Waals surface area contributed by atoms with Crippen LogP contribution in [0, 0.1) is 11.8 Å². The molecule has 0 aromatic carbocycles. The summed E-state index contributed by atoms with van der Waals surface area (Å²) in [5.74, 6) is 1.38. The molecule has 1 heterocycles. The molecule has 0 radical (unpaired) electrons. The summed E-state index contributed by atoms with van der Waals surface area (Å²) < 4.78 is 0. The third-order valence-electron chi connectivity index (χ3n) is 4.76. The molecule has 2 aliphatic rings. The summed E-state index contributed by atoms with van der Waals surface area (Å²) in [6, 6.07) is 0. The van der Waals surface area contributed by atoms with Gasteiger partial charge in [-0.15, -0.1) is 0 Å². The molecule has 1 atom stereocenters. The summed E-state index contributed by atoms with van der Waals surface area (Å²) >= 11 is 0. The van der Waals surface area contributed by atoms with Crippen molar-refractivity contribution < 1.29 is 4.79 Å². The van der Waals surface area contributed by atoms with Crippen LogP contribution in [-0.2, 0) is 4.79 Å². The molecular weight excluding hydrogens is 236 g/mol. The number of piperidine rings is 1. The molecule has 1 saturated carbocycles. The first-order chi connectivity index (χ1) is 9.27. The molecule has 0 bridgehead atoms. The van der Waals surface area contributed by atoms with Crippen molar-refractivity contribution in [3.8, 4) is 0 Å². The molecular formula is C16H30N2O. The average molecular weight is 266 g/mol. The van der Waals surface area contributed by atoms with Crippen LogP contribution in [0.15, 0.2) is 0 Å². The molecule has 2 rings (SSSR count). The quantitative estimate of drug-likeness (QED) is 0.852. The number of hydrogen-bond acceptors (Lipinski definition) is 2. The van der Waals surface area contributed by atoms with Crippen LogP contribution in [0.1, 0.15) is 57.8 Å². The Balaban J connectivity index is 1.79. The molecule has 1 aliphatic heterocycles. The third-order valence-corrected chi connectivity index (χ3v) is 4.76. The number of hydrogen-bond donors (Lipinski definition) is 1. The highest BCUT2D eigenvalue weighted by Crippen LogP contribution is 2.24. The summed E-state index contributed by atoms with van der Waals surface area (Å²) in [5.41, 5.74) is 0. The van der Waals surface area contributed by atoms with E-state index in [1.54, 1.807) is 0 Å². The molecule has 1 unspecified atom stereocenters. The smallest absolute Gasteiger partial charge is 0.225 e. The van der Waals surface area contributed by atoms with Crippen LogP contribution in [0.2, 0.25) is 0 Å². The highest BCUT2D eigenvalue weighted by Gasteiger charge is 2.24. The van der Waals surface area contributed by atoms with Crippen molar-refractivity contribution in [2.24, 2.45) is 11.8 Å². The normalized spacial score (nSPS) is 26.5. The SMILES string of the molecule is CN(CC1CCCNC1)C(=O)C1CCCCCCC1. The summed E-state index contributed by atoms with van der Waals surface area (Å²) in [5, 5.41) is 3.44. The fraction of sp³-hybridized carbons (Fsp3) is 0.938. The Bertz CT molecular complexity index is 266. The molecule has 110 valence electrons. The van der Waals surface area contributed by atoms with Gasteiger partial charge in [-0.1, -0.05) is 32.1 Å². The standard InChI is InChI=1S/C16H30N2O/c1-18(13-14-8-7-11-17-12-14)16(19)15-9-5-3-2-4-6-10-15/h14-15,17H,2-13H2,1H3. The lowest BCUT2D eigenvalue weighted by atomic mass is 9.90. The minimum Gasteiger partial charge on any atom is -0.345 e. The van der Waals surface area contributed by atoms with Gasteiger partial charge < -0.3 is 10.2 Å². The monoisotopic (exact) mass is 266 g/mol. The van der Waals surface area contributed by atoms with Gasteiger partial charge in [0.15, 0.2) is 0 Å². The Labute approximate surface area is 118 Å². The van der Waals surface area contributed by atoms with Crippen LogP contribution in [0.25, 0.3) is 0 Å². The molecule has 3 nitrogen and oxygen atoms in total. The zero-order valence-electron chi connectivity index (χ0n) is 12.5. The van der Waals surface area contributed by atoms with E-state index in [1.807, 2.05) is 11.9 Å². The summed E-state index contributed by atoms with van der Waals surface area (Å²) in [6.07, 6.45) is 11.3. The highest BCUT2D eigenvalue weighted by molar-refractivity contribution is 5.78. The van der Waals surface area contributed by atoms with Gasteiger partial charge in [0.25, 0.3) is 0 Å². The molecule has 0 aromatic heterocycles. The second-order valence-corrected chi connectivity index (χ2v) is 6.47. The molecule has 3 heteroatoms. The molecule has 1 N–H and O–H groups in total. The van der Waals surface area contributed by atoms with Gasteiger partial charge >= 0.3 is 0 Å². The van der Waals surface area contributed by atoms with Crippen LogP contribution in [0.4, 0.5) is 0 Å². The van der Waals surface area contributed by atoms with Gasteiger partial charge in [-0.25, -0.2) is 0 Å². The summed E-state index contributed by atoms with van der Waals surface area (Å²) in [4.78, 5) is 14.6. The van der Waals surface area contributed by atoms with Gasteiger partial charge in [-0.2, -0.15) is 0 Å². The number of rotatable bonds is 3. The predicted octanol–water partition coefficient (Wildman–Crippen LogP) is 2.80. The zero-order chi connectivity index (χ0) is 13.5. The summed E-state index contributed by atoms with van der Waals surface area (Å²) in [6.45, 7) is 3.18. The number of carbonyl (C=O) groups is 1. The van der Waals surface area contributed by atoms with E-state index in [4.69, 9.17) is 0 Å². The maximum absolute atomic E-state index is 12.5. The van der Waals surface area contributed by atoms with Crippen molar-refractivity contribution in [1.29, 1.82) is 0 Å². The number of nitrogens with one attached hydrogen (secondary N) is 1. The fourth-order valence-electron chi connectivity index (χ4n) is 3.57. The van der Waals surface area contributed by atoms with Crippen LogP contribution in [-0.4, -0.2) is 37.5 Å². The molecule has 2 fully saturated rings. The van der Waals surface area contributed by atoms with Crippen LogP contribution < -0.4 is 5.32 Å². The second-order valence-electron chi connectivity index (χ2n) is 6.47. The van der Waals surface area contributed by atoms with E-state index in [1.165, 1.54) is 44.9 Å². The first kappa shape index (κ1) is 14.8. The number of amides is 1. The van der Waals surface area contributed by atoms with Crippen molar-refractivity contribution in [2.45, 2.75) is 57.8 Å². The van der Waals surface area contributed by atoms with Crippen molar-refractivity contribution in [3.63, 3.8) is 0 Å². The molecule has 1 aliphatic carbocycles. The largest absolute Gasteiger partial charge is 0.345 e. The van der Waals surface area contributed by atoms with E-state index < -0.39 is 0 Å². The van der Waals surface area contributed by atoms with Crippen molar-refractivity contribution in [1.82, 2.24) is 10.2 Å². The number of nitrogens with zero attached hydrogens (tertiary/aromatic N) is 1. The first-order valence-electron chi connectivity index (χ1n) is 8.23. The lowest BCUT2D eigenvalue weighted by Gasteiger charge is -2.30. The molecule has 0 aromatic rings. The molecule has 1 saturated heterocycles. The van der Waals surface area contributed by atoms with Gasteiger partial charge in [0.2, 0.25) is 5.91 Å². The summed E-state index contributed by atoms with van der Waals surface area (Å²) in [7, 11) is 2.01. The van der Waals surface area contributed by atoms with E-state index in [-0.39, 0.29) is 0 Å². The van der Waals surface area contributed by atoms with Crippen LogP contribution in [0.3, 0.4) is 0 Å². The minimum atomic E-state index is 0.307. The Morgan fingerprint density at radius 2 is 1.74 bits per heavy atom. The van der Waals surface area contributed by atoms with E-state index in [0.29, 0.717) is 17.7 Å². The average Bonchev–Trinajstić information content (AvgIpc) is 2.39. The Morgan fingerprint density at radius 1 is 1.05 bits per heavy atom. The van der Waals surface area contributed by atoms with Crippen molar-refractivity contribution in [2.75, 3.05) is 26.7 Å². The minimum absolute atomic E-state index is 0.307. The Morgan fingerprint density at radius 3 is 2.37 bits per heavy atom. The van der Waals surface area contributed by atoms with Gasteiger partial charge in [0.05, 0.1) is 0 Å². The van der Waals surface area contributed by atoms with Crippen LogP contribution in [0.5, 0.6) is 0 Å². The van der Waals surface area contributed by atoms with E-state index in [2.05, 4.69) is 5.32 Å². The van der Waals surface area contributed by atoms with Crippen molar-refractivity contribution >= 4 is 5.91 Å². The van der Waals surface area contributed by atoms with E-state index in [9.17, 15) is 4.79 Å². The predicted molar refractivity (Wildman–Crippen MR) is 79.0 cm³/mol. The second kappa shape index (κ2) is 7.88. The maximum Gasteiger partial charge on any atom is 0.225 e. The first-order valence-corrected chi connectivity index (χ1v) is 8.23. The Hall–Kier alpha value is -0.570. The Kier molecular flexibility index (Phi) is 6.15. The molecule has 0 spiro atoms. The van der Waals surface area contributed by atoms with Gasteiger partial charge in [-0.05, 0) is 44.7 Å². The lowest BCUT2D eigenvalue weighted by Crippen LogP contribution is -2.41. The van der Waals surface area contributed by atoms with Gasteiger partial charge in [0, 0.05) is 19.5 Å². The van der Waals surface area contributed by atoms with Crippen LogP contribution >= 0.6 is 0 Å². The van der Waals surface area contributed by atoms with Gasteiger partial charge in [-0.3, -0.25) is 4.79 Å². The fourth-order valence-corrected chi connectivity index (χ4v) is 3.57. The van der Waals surface area contributed by atoms with E-state index >= 15 is 0 Å². The maximum atomic E-state index is 12.5. The van der Waals surface area contributed by atoms with Crippen molar-refractivity contribution in [3.05, 3.63) is 0 Å². The zero-order valence-corrected chi connectivity index (χ0v) is 12.5. The highest BCUT2D eigenvalue weighted by atomic mass is 16.2. The molecule has 19 heavy (non-hydrogen) atoms.